The molecule has 12 heteroatoms. The smallest absolute Gasteiger partial charge is 0.263 e. The van der Waals surface area contributed by atoms with Crippen LogP contribution in [0.25, 0.3) is 28.1 Å². The first-order chi connectivity index (χ1) is 13.9. The minimum absolute atomic E-state index is 0.344. The molecule has 5 rings (SSSR count). The van der Waals surface area contributed by atoms with Crippen LogP contribution >= 0.6 is 0 Å². The molecule has 0 unspecified atom stereocenters. The lowest BCUT2D eigenvalue weighted by Crippen LogP contribution is -2.17. The third-order valence-corrected chi connectivity index (χ3v) is 4.29. The zero-order valence-electron chi connectivity index (χ0n) is 14.7. The second-order valence-electron chi connectivity index (χ2n) is 6.43. The van der Waals surface area contributed by atoms with E-state index < -0.39 is 12.7 Å². The summed E-state index contributed by atoms with van der Waals surface area (Å²) < 4.78 is 41.8. The molecular formula is C17H12F3N9. The fraction of sp³-hybridized carbons (Fsp3) is 0.176. The SMILES string of the molecule is FC(F)(F)Cn1cc(-c2cnc3nnn(Cc4ccc5ccnn5c4)c3n2)cn1. The molecule has 0 aliphatic heterocycles. The number of halogens is 3. The van der Waals surface area contributed by atoms with Crippen molar-refractivity contribution in [2.45, 2.75) is 19.3 Å². The Kier molecular flexibility index (Phi) is 3.79. The molecule has 29 heavy (non-hydrogen) atoms. The first-order valence-corrected chi connectivity index (χ1v) is 8.53. The molecule has 9 nitrogen and oxygen atoms in total. The second-order valence-corrected chi connectivity index (χ2v) is 6.43. The van der Waals surface area contributed by atoms with Crippen LogP contribution in [-0.4, -0.2) is 50.5 Å². The van der Waals surface area contributed by atoms with Crippen LogP contribution in [0.2, 0.25) is 0 Å². The van der Waals surface area contributed by atoms with Gasteiger partial charge >= 0.3 is 6.18 Å². The van der Waals surface area contributed by atoms with E-state index in [-0.39, 0.29) is 0 Å². The van der Waals surface area contributed by atoms with Crippen molar-refractivity contribution in [3.8, 4) is 11.3 Å². The highest BCUT2D eigenvalue weighted by atomic mass is 19.4. The van der Waals surface area contributed by atoms with Gasteiger partial charge < -0.3 is 0 Å². The van der Waals surface area contributed by atoms with Gasteiger partial charge in [-0.15, -0.1) is 5.10 Å². The molecule has 5 heterocycles. The van der Waals surface area contributed by atoms with E-state index in [0.29, 0.717) is 29.1 Å². The molecule has 146 valence electrons. The number of alkyl halides is 3. The minimum Gasteiger partial charge on any atom is -0.263 e. The van der Waals surface area contributed by atoms with Crippen LogP contribution in [0.3, 0.4) is 0 Å². The summed E-state index contributed by atoms with van der Waals surface area (Å²) >= 11 is 0. The molecule has 0 saturated heterocycles. The lowest BCUT2D eigenvalue weighted by atomic mass is 10.2. The van der Waals surface area contributed by atoms with E-state index in [2.05, 4.69) is 30.5 Å². The van der Waals surface area contributed by atoms with Crippen molar-refractivity contribution in [2.24, 2.45) is 0 Å². The van der Waals surface area contributed by atoms with Crippen molar-refractivity contribution >= 4 is 16.8 Å². The molecule has 0 aliphatic rings. The van der Waals surface area contributed by atoms with Crippen LogP contribution in [0, 0.1) is 0 Å². The molecule has 0 aliphatic carbocycles. The Morgan fingerprint density at radius 2 is 1.90 bits per heavy atom. The van der Waals surface area contributed by atoms with E-state index in [0.717, 1.165) is 15.8 Å². The average Bonchev–Trinajstić information content (AvgIpc) is 3.40. The molecule has 0 aromatic carbocycles. The van der Waals surface area contributed by atoms with Gasteiger partial charge in [0, 0.05) is 24.2 Å². The van der Waals surface area contributed by atoms with Crippen molar-refractivity contribution in [2.75, 3.05) is 0 Å². The Bertz CT molecular complexity index is 1310. The van der Waals surface area contributed by atoms with Crippen LogP contribution in [0.4, 0.5) is 13.2 Å². The summed E-state index contributed by atoms with van der Waals surface area (Å²) in [7, 11) is 0. The number of rotatable bonds is 4. The Morgan fingerprint density at radius 3 is 2.76 bits per heavy atom. The maximum atomic E-state index is 12.5. The van der Waals surface area contributed by atoms with Crippen LogP contribution in [0.5, 0.6) is 0 Å². The molecular weight excluding hydrogens is 387 g/mol. The highest BCUT2D eigenvalue weighted by Gasteiger charge is 2.28. The number of pyridine rings is 1. The second kappa shape index (κ2) is 6.36. The Labute approximate surface area is 160 Å². The van der Waals surface area contributed by atoms with Gasteiger partial charge in [0.1, 0.15) is 6.54 Å². The molecule has 5 aromatic heterocycles. The highest BCUT2D eigenvalue weighted by molar-refractivity contribution is 5.69. The van der Waals surface area contributed by atoms with Gasteiger partial charge in [0.15, 0.2) is 5.65 Å². The maximum absolute atomic E-state index is 12.5. The molecule has 0 radical (unpaired) electrons. The van der Waals surface area contributed by atoms with Crippen molar-refractivity contribution in [1.29, 1.82) is 0 Å². The normalized spacial score (nSPS) is 12.2. The first kappa shape index (κ1) is 17.3. The van der Waals surface area contributed by atoms with Crippen molar-refractivity contribution in [1.82, 2.24) is 44.4 Å². The monoisotopic (exact) mass is 399 g/mol. The Balaban J connectivity index is 1.47. The topological polar surface area (TPSA) is 91.6 Å². The average molecular weight is 399 g/mol. The molecule has 0 bridgehead atoms. The van der Waals surface area contributed by atoms with Gasteiger partial charge in [-0.05, 0) is 17.7 Å². The maximum Gasteiger partial charge on any atom is 0.408 e. The zero-order chi connectivity index (χ0) is 20.0. The van der Waals surface area contributed by atoms with Gasteiger partial charge in [0.25, 0.3) is 0 Å². The highest BCUT2D eigenvalue weighted by Crippen LogP contribution is 2.21. The van der Waals surface area contributed by atoms with Gasteiger partial charge in [-0.3, -0.25) is 4.68 Å². The quantitative estimate of drug-likeness (QED) is 0.461. The summed E-state index contributed by atoms with van der Waals surface area (Å²) in [4.78, 5) is 8.69. The zero-order valence-corrected chi connectivity index (χ0v) is 14.7. The summed E-state index contributed by atoms with van der Waals surface area (Å²) in [6, 6.07) is 5.78. The standard InChI is InChI=1S/C17H12F3N9/c18-17(19,20)10-27-9-12(5-23-27)14-6-21-15-16(24-14)29(26-25-15)8-11-1-2-13-3-4-22-28(13)7-11/h1-7,9H,8,10H2. The van der Waals surface area contributed by atoms with Crippen LogP contribution in [0.1, 0.15) is 5.56 Å². The predicted octanol–water partition coefficient (Wildman–Crippen LogP) is 2.34. The molecule has 0 N–H and O–H groups in total. The fourth-order valence-corrected chi connectivity index (χ4v) is 2.99. The van der Waals surface area contributed by atoms with Crippen molar-refractivity contribution in [3.63, 3.8) is 0 Å². The lowest BCUT2D eigenvalue weighted by molar-refractivity contribution is -0.142. The fourth-order valence-electron chi connectivity index (χ4n) is 2.99. The van der Waals surface area contributed by atoms with E-state index in [1.54, 1.807) is 15.4 Å². The van der Waals surface area contributed by atoms with Crippen LogP contribution in [0.15, 0.2) is 49.2 Å². The summed E-state index contributed by atoms with van der Waals surface area (Å²) in [6.45, 7) is -0.782. The summed E-state index contributed by atoms with van der Waals surface area (Å²) in [6.07, 6.45) is 3.27. The van der Waals surface area contributed by atoms with Gasteiger partial charge in [-0.1, -0.05) is 11.3 Å². The Hall–Kier alpha value is -3.83. The number of hydrogen-bond donors (Lipinski definition) is 0. The number of aromatic nitrogens is 9. The van der Waals surface area contributed by atoms with E-state index >= 15 is 0 Å². The third-order valence-electron chi connectivity index (χ3n) is 4.29. The number of nitrogens with zero attached hydrogens (tertiary/aromatic N) is 9. The number of hydrogen-bond acceptors (Lipinski definition) is 6. The van der Waals surface area contributed by atoms with Gasteiger partial charge in [-0.25, -0.2) is 19.2 Å². The molecule has 0 atom stereocenters. The molecule has 0 fully saturated rings. The van der Waals surface area contributed by atoms with Crippen molar-refractivity contribution < 1.29 is 13.2 Å². The van der Waals surface area contributed by atoms with E-state index in [9.17, 15) is 13.2 Å². The van der Waals surface area contributed by atoms with Gasteiger partial charge in [0.05, 0.1) is 30.1 Å². The Morgan fingerprint density at radius 1 is 1.00 bits per heavy atom. The molecule has 0 spiro atoms. The minimum atomic E-state index is -4.35. The van der Waals surface area contributed by atoms with E-state index in [1.165, 1.54) is 18.6 Å². The van der Waals surface area contributed by atoms with Gasteiger partial charge in [0.2, 0.25) is 5.65 Å². The van der Waals surface area contributed by atoms with Crippen molar-refractivity contribution in [3.05, 3.63) is 54.7 Å². The summed E-state index contributed by atoms with van der Waals surface area (Å²) in [5, 5.41) is 16.0. The number of fused-ring (bicyclic) bond motifs is 2. The van der Waals surface area contributed by atoms with Crippen LogP contribution in [-0.2, 0) is 13.1 Å². The first-order valence-electron chi connectivity index (χ1n) is 8.53. The summed E-state index contributed by atoms with van der Waals surface area (Å²) in [5.74, 6) is 0. The van der Waals surface area contributed by atoms with E-state index in [1.807, 2.05) is 24.4 Å². The van der Waals surface area contributed by atoms with E-state index in [4.69, 9.17) is 0 Å². The summed E-state index contributed by atoms with van der Waals surface area (Å²) in [5.41, 5.74) is 3.47. The largest absolute Gasteiger partial charge is 0.408 e. The lowest BCUT2D eigenvalue weighted by Gasteiger charge is -2.05. The molecule has 5 aromatic rings. The predicted molar refractivity (Wildman–Crippen MR) is 94.7 cm³/mol. The molecule has 0 amide bonds. The van der Waals surface area contributed by atoms with Crippen LogP contribution < -0.4 is 0 Å². The molecule has 0 saturated carbocycles. The van der Waals surface area contributed by atoms with Gasteiger partial charge in [-0.2, -0.15) is 23.4 Å². The third kappa shape index (κ3) is 3.39.